The summed E-state index contributed by atoms with van der Waals surface area (Å²) >= 11 is 0. The van der Waals surface area contributed by atoms with E-state index in [0.29, 0.717) is 17.9 Å². The first-order valence-corrected chi connectivity index (χ1v) is 7.59. The average molecular weight is 254 g/mol. The van der Waals surface area contributed by atoms with Gasteiger partial charge in [0.15, 0.2) is 0 Å². The molecule has 0 radical (unpaired) electrons. The maximum Gasteiger partial charge on any atom is 0.308 e. The number of esters is 1. The second-order valence-electron chi connectivity index (χ2n) is 6.49. The molecule has 1 rings (SSSR count). The van der Waals surface area contributed by atoms with Gasteiger partial charge in [0.25, 0.3) is 0 Å². The van der Waals surface area contributed by atoms with Gasteiger partial charge in [0.1, 0.15) is 0 Å². The van der Waals surface area contributed by atoms with E-state index in [9.17, 15) is 4.79 Å². The lowest BCUT2D eigenvalue weighted by Crippen LogP contribution is -2.32. The Kier molecular flexibility index (Phi) is 5.68. The molecule has 0 aliphatic heterocycles. The Morgan fingerprint density at radius 1 is 1.22 bits per heavy atom. The zero-order valence-electron chi connectivity index (χ0n) is 12.8. The van der Waals surface area contributed by atoms with Gasteiger partial charge in [0.2, 0.25) is 0 Å². The van der Waals surface area contributed by atoms with Crippen molar-refractivity contribution in [3.8, 4) is 0 Å². The minimum atomic E-state index is -0.00398. The fourth-order valence-electron chi connectivity index (χ4n) is 3.16. The third-order valence-corrected chi connectivity index (χ3v) is 5.15. The lowest BCUT2D eigenvalue weighted by atomic mass is 9.66. The van der Waals surface area contributed by atoms with Gasteiger partial charge in [-0.1, -0.05) is 34.1 Å². The van der Waals surface area contributed by atoms with E-state index < -0.39 is 0 Å². The molecular weight excluding hydrogens is 224 g/mol. The summed E-state index contributed by atoms with van der Waals surface area (Å²) in [4.78, 5) is 11.8. The van der Waals surface area contributed by atoms with Crippen molar-refractivity contribution in [3.63, 3.8) is 0 Å². The van der Waals surface area contributed by atoms with Crippen LogP contribution in [0.25, 0.3) is 0 Å². The van der Waals surface area contributed by atoms with Crippen molar-refractivity contribution in [2.45, 2.75) is 66.7 Å². The van der Waals surface area contributed by atoms with Crippen LogP contribution in [0.1, 0.15) is 66.7 Å². The highest BCUT2D eigenvalue weighted by atomic mass is 16.5. The van der Waals surface area contributed by atoms with Crippen molar-refractivity contribution in [1.82, 2.24) is 0 Å². The second-order valence-corrected chi connectivity index (χ2v) is 6.49. The number of ether oxygens (including phenoxy) is 1. The van der Waals surface area contributed by atoms with Gasteiger partial charge in [-0.25, -0.2) is 0 Å². The van der Waals surface area contributed by atoms with Crippen LogP contribution in [0.15, 0.2) is 0 Å². The van der Waals surface area contributed by atoms with Crippen LogP contribution in [-0.2, 0) is 9.53 Å². The van der Waals surface area contributed by atoms with Gasteiger partial charge < -0.3 is 4.74 Å². The zero-order chi connectivity index (χ0) is 13.8. The summed E-state index contributed by atoms with van der Waals surface area (Å²) in [5.41, 5.74) is 0.456. The predicted octanol–water partition coefficient (Wildman–Crippen LogP) is 4.43. The molecule has 0 aromatic rings. The van der Waals surface area contributed by atoms with Gasteiger partial charge in [0, 0.05) is 0 Å². The number of hydrogen-bond acceptors (Lipinski definition) is 2. The SMILES string of the molecule is CCOC(=O)C(C)C1CCC(C(C)(C)CC)CC1. The van der Waals surface area contributed by atoms with E-state index >= 15 is 0 Å². The maximum atomic E-state index is 11.8. The van der Waals surface area contributed by atoms with E-state index in [-0.39, 0.29) is 11.9 Å². The Balaban J connectivity index is 2.46. The van der Waals surface area contributed by atoms with Gasteiger partial charge in [-0.05, 0) is 49.9 Å². The Morgan fingerprint density at radius 3 is 2.22 bits per heavy atom. The van der Waals surface area contributed by atoms with Gasteiger partial charge in [0.05, 0.1) is 12.5 Å². The molecule has 106 valence electrons. The molecule has 1 aliphatic rings. The summed E-state index contributed by atoms with van der Waals surface area (Å²) in [7, 11) is 0. The van der Waals surface area contributed by atoms with Crippen LogP contribution < -0.4 is 0 Å². The molecule has 1 saturated carbocycles. The zero-order valence-corrected chi connectivity index (χ0v) is 12.8. The van der Waals surface area contributed by atoms with E-state index in [1.165, 1.54) is 32.1 Å². The van der Waals surface area contributed by atoms with Crippen LogP contribution in [0.2, 0.25) is 0 Å². The molecule has 2 nitrogen and oxygen atoms in total. The monoisotopic (exact) mass is 254 g/mol. The largest absolute Gasteiger partial charge is 0.466 e. The first-order chi connectivity index (χ1) is 8.42. The third-order valence-electron chi connectivity index (χ3n) is 5.15. The Labute approximate surface area is 112 Å². The highest BCUT2D eigenvalue weighted by Gasteiger charge is 2.35. The van der Waals surface area contributed by atoms with Gasteiger partial charge in [-0.15, -0.1) is 0 Å². The van der Waals surface area contributed by atoms with Gasteiger partial charge in [-0.3, -0.25) is 4.79 Å². The van der Waals surface area contributed by atoms with Crippen LogP contribution in [0, 0.1) is 23.2 Å². The van der Waals surface area contributed by atoms with Crippen molar-refractivity contribution in [2.75, 3.05) is 6.61 Å². The minimum absolute atomic E-state index is 0.00398. The summed E-state index contributed by atoms with van der Waals surface area (Å²) in [5.74, 6) is 1.44. The standard InChI is InChI=1S/C16H30O2/c1-6-16(4,5)14-10-8-13(9-11-14)12(3)15(17)18-7-2/h12-14H,6-11H2,1-5H3. The van der Waals surface area contributed by atoms with Crippen molar-refractivity contribution in [1.29, 1.82) is 0 Å². The summed E-state index contributed by atoms with van der Waals surface area (Å²) in [6.45, 7) is 11.5. The van der Waals surface area contributed by atoms with Gasteiger partial charge >= 0.3 is 5.97 Å². The Morgan fingerprint density at radius 2 is 1.78 bits per heavy atom. The second kappa shape index (κ2) is 6.58. The highest BCUT2D eigenvalue weighted by Crippen LogP contribution is 2.43. The molecule has 1 atom stereocenters. The summed E-state index contributed by atoms with van der Waals surface area (Å²) < 4.78 is 5.13. The van der Waals surface area contributed by atoms with E-state index in [1.807, 2.05) is 13.8 Å². The molecule has 1 fully saturated rings. The van der Waals surface area contributed by atoms with Crippen molar-refractivity contribution in [3.05, 3.63) is 0 Å². The van der Waals surface area contributed by atoms with Crippen molar-refractivity contribution < 1.29 is 9.53 Å². The average Bonchev–Trinajstić information content (AvgIpc) is 2.38. The molecular formula is C16H30O2. The van der Waals surface area contributed by atoms with E-state index in [0.717, 1.165) is 5.92 Å². The van der Waals surface area contributed by atoms with E-state index in [1.54, 1.807) is 0 Å². The summed E-state index contributed by atoms with van der Waals surface area (Å²) in [6, 6.07) is 0. The molecule has 0 N–H and O–H groups in total. The molecule has 0 heterocycles. The number of carbonyl (C=O) groups is 1. The Hall–Kier alpha value is -0.530. The highest BCUT2D eigenvalue weighted by molar-refractivity contribution is 5.72. The molecule has 18 heavy (non-hydrogen) atoms. The fourth-order valence-corrected chi connectivity index (χ4v) is 3.16. The molecule has 0 aromatic carbocycles. The van der Waals surface area contributed by atoms with Crippen molar-refractivity contribution in [2.24, 2.45) is 23.2 Å². The molecule has 0 saturated heterocycles. The normalized spacial score (nSPS) is 26.7. The number of hydrogen-bond donors (Lipinski definition) is 0. The van der Waals surface area contributed by atoms with Crippen LogP contribution in [0.3, 0.4) is 0 Å². The molecule has 0 aromatic heterocycles. The molecule has 0 amide bonds. The van der Waals surface area contributed by atoms with E-state index in [4.69, 9.17) is 4.74 Å². The first-order valence-electron chi connectivity index (χ1n) is 7.59. The number of rotatable bonds is 5. The Bertz CT molecular complexity index is 262. The molecule has 0 spiro atoms. The summed E-state index contributed by atoms with van der Waals surface area (Å²) in [6.07, 6.45) is 6.17. The summed E-state index contributed by atoms with van der Waals surface area (Å²) in [5, 5.41) is 0. The van der Waals surface area contributed by atoms with Crippen LogP contribution in [0.5, 0.6) is 0 Å². The van der Waals surface area contributed by atoms with Gasteiger partial charge in [-0.2, -0.15) is 0 Å². The minimum Gasteiger partial charge on any atom is -0.466 e. The first kappa shape index (κ1) is 15.5. The van der Waals surface area contributed by atoms with E-state index in [2.05, 4.69) is 20.8 Å². The smallest absolute Gasteiger partial charge is 0.308 e. The lowest BCUT2D eigenvalue weighted by molar-refractivity contribution is -0.150. The maximum absolute atomic E-state index is 11.8. The van der Waals surface area contributed by atoms with Crippen LogP contribution >= 0.6 is 0 Å². The number of carbonyl (C=O) groups excluding carboxylic acids is 1. The van der Waals surface area contributed by atoms with Crippen LogP contribution in [-0.4, -0.2) is 12.6 Å². The topological polar surface area (TPSA) is 26.3 Å². The lowest BCUT2D eigenvalue weighted by Gasteiger charge is -2.40. The van der Waals surface area contributed by atoms with Crippen LogP contribution in [0.4, 0.5) is 0 Å². The molecule has 2 heteroatoms. The van der Waals surface area contributed by atoms with Crippen molar-refractivity contribution >= 4 is 5.97 Å². The fraction of sp³-hybridized carbons (Fsp3) is 0.938. The molecule has 1 unspecified atom stereocenters. The molecule has 0 bridgehead atoms. The quantitative estimate of drug-likeness (QED) is 0.678. The molecule has 1 aliphatic carbocycles. The third kappa shape index (κ3) is 3.73. The predicted molar refractivity (Wildman–Crippen MR) is 75.3 cm³/mol.